The van der Waals surface area contributed by atoms with E-state index >= 15 is 0 Å². The van der Waals surface area contributed by atoms with Gasteiger partial charge in [-0.3, -0.25) is 14.5 Å². The lowest BCUT2D eigenvalue weighted by atomic mass is 10.1. The highest BCUT2D eigenvalue weighted by molar-refractivity contribution is 5.95. The van der Waals surface area contributed by atoms with Crippen LogP contribution in [0.15, 0.2) is 48.5 Å². The summed E-state index contributed by atoms with van der Waals surface area (Å²) in [5.74, 6) is 0.502. The normalized spacial score (nSPS) is 14.4. The molecule has 0 unspecified atom stereocenters. The number of Topliss-reactive ketones (excluding diaryl/α,β-unsaturated/α-hetero) is 1. The average Bonchev–Trinajstić information content (AvgIpc) is 2.77. The number of nitrogens with one attached hydrogen (secondary N) is 1. The molecule has 1 aliphatic heterocycles. The monoisotopic (exact) mass is 394 g/mol. The minimum Gasteiger partial charge on any atom is -0.484 e. The number of amides is 1. The molecule has 0 spiro atoms. The molecule has 29 heavy (non-hydrogen) atoms. The number of rotatable bonds is 9. The fourth-order valence-electron chi connectivity index (χ4n) is 3.48. The highest BCUT2D eigenvalue weighted by atomic mass is 16.5. The van der Waals surface area contributed by atoms with Crippen LogP contribution in [0.2, 0.25) is 0 Å². The zero-order valence-corrected chi connectivity index (χ0v) is 17.2. The van der Waals surface area contributed by atoms with Gasteiger partial charge in [0.1, 0.15) is 5.75 Å². The van der Waals surface area contributed by atoms with E-state index in [1.54, 1.807) is 24.3 Å². The lowest BCUT2D eigenvalue weighted by molar-refractivity contribution is -0.123. The number of likely N-dealkylation sites (tertiary alicyclic amines) is 1. The number of benzene rings is 2. The predicted molar refractivity (Wildman–Crippen MR) is 114 cm³/mol. The van der Waals surface area contributed by atoms with Crippen molar-refractivity contribution >= 4 is 11.7 Å². The number of carbonyl (C=O) groups excluding carboxylic acids is 2. The lowest BCUT2D eigenvalue weighted by Gasteiger charge is -2.26. The van der Waals surface area contributed by atoms with Crippen LogP contribution in [0.25, 0.3) is 0 Å². The number of hydrogen-bond acceptors (Lipinski definition) is 4. The van der Waals surface area contributed by atoms with Crippen molar-refractivity contribution in [2.75, 3.05) is 19.7 Å². The van der Waals surface area contributed by atoms with Crippen molar-refractivity contribution in [1.82, 2.24) is 10.2 Å². The number of ketones is 1. The molecule has 1 saturated heterocycles. The summed E-state index contributed by atoms with van der Waals surface area (Å²) < 4.78 is 5.50. The van der Waals surface area contributed by atoms with Gasteiger partial charge in [-0.1, -0.05) is 37.6 Å². The minimum atomic E-state index is -0.170. The zero-order valence-electron chi connectivity index (χ0n) is 17.2. The van der Waals surface area contributed by atoms with Gasteiger partial charge in [-0.25, -0.2) is 0 Å². The molecule has 3 rings (SSSR count). The van der Waals surface area contributed by atoms with E-state index in [0.717, 1.165) is 12.1 Å². The number of ether oxygens (including phenoxy) is 1. The molecule has 5 heteroatoms. The quantitative estimate of drug-likeness (QED) is 0.654. The van der Waals surface area contributed by atoms with Crippen molar-refractivity contribution in [3.8, 4) is 5.75 Å². The first-order valence-corrected chi connectivity index (χ1v) is 10.5. The van der Waals surface area contributed by atoms with Crippen molar-refractivity contribution in [2.45, 2.75) is 45.7 Å². The second kappa shape index (κ2) is 10.8. The van der Waals surface area contributed by atoms with Gasteiger partial charge in [0.05, 0.1) is 0 Å². The Kier molecular flexibility index (Phi) is 7.82. The Morgan fingerprint density at radius 1 is 0.931 bits per heavy atom. The van der Waals surface area contributed by atoms with Crippen molar-refractivity contribution in [2.24, 2.45) is 0 Å². The third-order valence-electron chi connectivity index (χ3n) is 5.23. The van der Waals surface area contributed by atoms with Crippen LogP contribution in [0.3, 0.4) is 0 Å². The second-order valence-electron chi connectivity index (χ2n) is 7.52. The molecule has 5 nitrogen and oxygen atoms in total. The van der Waals surface area contributed by atoms with Gasteiger partial charge in [0.25, 0.3) is 5.91 Å². The van der Waals surface area contributed by atoms with Crippen LogP contribution in [0.4, 0.5) is 0 Å². The van der Waals surface area contributed by atoms with E-state index in [0.29, 0.717) is 24.3 Å². The Morgan fingerprint density at radius 2 is 1.59 bits per heavy atom. The second-order valence-corrected chi connectivity index (χ2v) is 7.52. The molecule has 2 aromatic carbocycles. The van der Waals surface area contributed by atoms with Crippen molar-refractivity contribution in [1.29, 1.82) is 0 Å². The molecule has 1 N–H and O–H groups in total. The maximum atomic E-state index is 12.0. The van der Waals surface area contributed by atoms with Gasteiger partial charge in [-0.15, -0.1) is 0 Å². The first-order valence-electron chi connectivity index (χ1n) is 10.5. The van der Waals surface area contributed by atoms with E-state index in [1.165, 1.54) is 37.9 Å². The zero-order chi connectivity index (χ0) is 20.5. The standard InChI is InChI=1S/C24H30N2O3/c1-2-23(27)21-10-12-22(13-11-21)29-18-24(28)25-16-19-6-8-20(9-7-19)17-26-14-4-3-5-15-26/h6-13H,2-5,14-18H2,1H3,(H,25,28). The Labute approximate surface area is 173 Å². The molecular weight excluding hydrogens is 364 g/mol. The van der Waals surface area contributed by atoms with Crippen molar-refractivity contribution in [3.05, 3.63) is 65.2 Å². The minimum absolute atomic E-state index is 0.0475. The molecule has 2 aromatic rings. The lowest BCUT2D eigenvalue weighted by Crippen LogP contribution is -2.29. The van der Waals surface area contributed by atoms with Crippen LogP contribution in [-0.4, -0.2) is 36.3 Å². The van der Waals surface area contributed by atoms with Gasteiger partial charge in [0.15, 0.2) is 12.4 Å². The Bertz CT molecular complexity index is 794. The number of piperidine rings is 1. The highest BCUT2D eigenvalue weighted by Gasteiger charge is 2.10. The topological polar surface area (TPSA) is 58.6 Å². The molecule has 0 aromatic heterocycles. The number of hydrogen-bond donors (Lipinski definition) is 1. The molecule has 1 amide bonds. The molecule has 1 aliphatic rings. The highest BCUT2D eigenvalue weighted by Crippen LogP contribution is 2.14. The molecule has 0 saturated carbocycles. The Balaban J connectivity index is 1.39. The largest absolute Gasteiger partial charge is 0.484 e. The molecule has 0 aliphatic carbocycles. The van der Waals surface area contributed by atoms with Gasteiger partial charge in [-0.2, -0.15) is 0 Å². The van der Waals surface area contributed by atoms with Gasteiger partial charge in [-0.05, 0) is 61.3 Å². The first-order chi connectivity index (χ1) is 14.1. The molecule has 0 bridgehead atoms. The van der Waals surface area contributed by atoms with E-state index in [9.17, 15) is 9.59 Å². The van der Waals surface area contributed by atoms with Crippen molar-refractivity contribution < 1.29 is 14.3 Å². The smallest absolute Gasteiger partial charge is 0.258 e. The van der Waals surface area contributed by atoms with Crippen LogP contribution in [0.5, 0.6) is 5.75 Å². The van der Waals surface area contributed by atoms with Crippen LogP contribution in [-0.2, 0) is 17.9 Å². The molecular formula is C24H30N2O3. The van der Waals surface area contributed by atoms with Gasteiger partial charge in [0.2, 0.25) is 0 Å². The first kappa shape index (κ1) is 21.1. The van der Waals surface area contributed by atoms with Crippen LogP contribution >= 0.6 is 0 Å². The van der Waals surface area contributed by atoms with Crippen LogP contribution in [0.1, 0.15) is 54.1 Å². The van der Waals surface area contributed by atoms with E-state index < -0.39 is 0 Å². The molecule has 154 valence electrons. The maximum Gasteiger partial charge on any atom is 0.258 e. The molecule has 0 radical (unpaired) electrons. The Morgan fingerprint density at radius 3 is 2.24 bits per heavy atom. The summed E-state index contributed by atoms with van der Waals surface area (Å²) in [6, 6.07) is 15.3. The summed E-state index contributed by atoms with van der Waals surface area (Å²) in [4.78, 5) is 26.2. The van der Waals surface area contributed by atoms with Crippen molar-refractivity contribution in [3.63, 3.8) is 0 Å². The van der Waals surface area contributed by atoms with E-state index in [4.69, 9.17) is 4.74 Å². The summed E-state index contributed by atoms with van der Waals surface area (Å²) in [7, 11) is 0. The molecule has 1 fully saturated rings. The summed E-state index contributed by atoms with van der Waals surface area (Å²) in [6.45, 7) is 5.65. The van der Waals surface area contributed by atoms with E-state index in [1.807, 2.05) is 6.92 Å². The van der Waals surface area contributed by atoms with Gasteiger partial charge >= 0.3 is 0 Å². The maximum absolute atomic E-state index is 12.0. The van der Waals surface area contributed by atoms with E-state index in [2.05, 4.69) is 34.5 Å². The third-order valence-corrected chi connectivity index (χ3v) is 5.23. The summed E-state index contributed by atoms with van der Waals surface area (Å²) in [5, 5.41) is 2.88. The Hall–Kier alpha value is -2.66. The van der Waals surface area contributed by atoms with Gasteiger partial charge in [0, 0.05) is 25.1 Å². The number of nitrogens with zero attached hydrogens (tertiary/aromatic N) is 1. The summed E-state index contributed by atoms with van der Waals surface area (Å²) in [5.41, 5.74) is 3.05. The fourth-order valence-corrected chi connectivity index (χ4v) is 3.48. The number of carbonyl (C=O) groups is 2. The van der Waals surface area contributed by atoms with Crippen LogP contribution in [0, 0.1) is 0 Å². The fraction of sp³-hybridized carbons (Fsp3) is 0.417. The summed E-state index contributed by atoms with van der Waals surface area (Å²) in [6.07, 6.45) is 4.42. The predicted octanol–water partition coefficient (Wildman–Crippen LogP) is 3.96. The average molecular weight is 395 g/mol. The third kappa shape index (κ3) is 6.71. The molecule has 1 heterocycles. The van der Waals surface area contributed by atoms with Gasteiger partial charge < -0.3 is 10.1 Å². The summed E-state index contributed by atoms with van der Waals surface area (Å²) >= 11 is 0. The SMILES string of the molecule is CCC(=O)c1ccc(OCC(=O)NCc2ccc(CN3CCCCC3)cc2)cc1. The van der Waals surface area contributed by atoms with E-state index in [-0.39, 0.29) is 18.3 Å². The van der Waals surface area contributed by atoms with Crippen LogP contribution < -0.4 is 10.1 Å². The molecule has 0 atom stereocenters.